The maximum Gasteiger partial charge on any atom is 0.256 e. The number of halogens is 1. The Morgan fingerprint density at radius 2 is 1.89 bits per heavy atom. The number of thiophene rings is 1. The molecule has 0 fully saturated rings. The summed E-state index contributed by atoms with van der Waals surface area (Å²) in [5.74, 6) is -0.906. The van der Waals surface area contributed by atoms with Crippen LogP contribution in [0.4, 0.5) is 9.39 Å². The molecule has 1 heterocycles. The predicted molar refractivity (Wildman–Crippen MR) is 104 cm³/mol. The van der Waals surface area contributed by atoms with Crippen LogP contribution in [-0.4, -0.2) is 32.1 Å². The number of hydrogen-bond donors (Lipinski definition) is 2. The van der Waals surface area contributed by atoms with Crippen molar-refractivity contribution in [3.8, 4) is 0 Å². The predicted octanol–water partition coefficient (Wildman–Crippen LogP) is 3.78. The number of nitrogens with one attached hydrogen (secondary N) is 2. The van der Waals surface area contributed by atoms with E-state index in [1.165, 1.54) is 35.6 Å². The topological polar surface area (TPSA) is 67.4 Å². The van der Waals surface area contributed by atoms with Crippen LogP contribution in [0.15, 0.2) is 24.3 Å². The van der Waals surface area contributed by atoms with Crippen molar-refractivity contribution in [1.29, 1.82) is 0 Å². The fourth-order valence-electron chi connectivity index (χ4n) is 3.18. The number of fused-ring (bicyclic) bond motifs is 1. The van der Waals surface area contributed by atoms with Crippen molar-refractivity contribution in [3.05, 3.63) is 51.7 Å². The zero-order valence-corrected chi connectivity index (χ0v) is 16.1. The maximum absolute atomic E-state index is 13.1. The monoisotopic (exact) mass is 390 g/mol. The number of rotatable bonds is 7. The van der Waals surface area contributed by atoms with E-state index in [2.05, 4.69) is 10.6 Å². The van der Waals surface area contributed by atoms with E-state index < -0.39 is 5.82 Å². The van der Waals surface area contributed by atoms with Crippen LogP contribution in [0.25, 0.3) is 0 Å². The molecule has 0 saturated heterocycles. The summed E-state index contributed by atoms with van der Waals surface area (Å²) in [5, 5.41) is 6.35. The maximum atomic E-state index is 13.1. The Hall–Kier alpha value is -2.25. The molecule has 0 aliphatic heterocycles. The molecule has 1 aromatic heterocycles. The number of hydrogen-bond acceptors (Lipinski definition) is 4. The number of amides is 2. The Balaban J connectivity index is 1.81. The molecular formula is C20H23FN2O3S. The van der Waals surface area contributed by atoms with Gasteiger partial charge in [-0.2, -0.15) is 0 Å². The fraction of sp³-hybridized carbons (Fsp3) is 0.400. The highest BCUT2D eigenvalue weighted by Crippen LogP contribution is 2.38. The van der Waals surface area contributed by atoms with Gasteiger partial charge in [-0.1, -0.05) is 0 Å². The van der Waals surface area contributed by atoms with Gasteiger partial charge in [0, 0.05) is 30.7 Å². The van der Waals surface area contributed by atoms with Gasteiger partial charge in [-0.05, 0) is 61.9 Å². The Bertz CT molecular complexity index is 817. The largest absolute Gasteiger partial charge is 0.385 e. The van der Waals surface area contributed by atoms with E-state index >= 15 is 0 Å². The molecule has 0 radical (unpaired) electrons. The van der Waals surface area contributed by atoms with E-state index in [0.717, 1.165) is 42.5 Å². The van der Waals surface area contributed by atoms with Crippen molar-refractivity contribution in [1.82, 2.24) is 5.32 Å². The van der Waals surface area contributed by atoms with E-state index in [9.17, 15) is 14.0 Å². The standard InChI is InChI=1S/C20H23FN2O3S/c1-26-12-4-11-22-19(25)17-15-5-2-3-6-16(15)27-20(17)23-18(24)13-7-9-14(21)10-8-13/h7-10H,2-6,11-12H2,1H3,(H,22,25)(H,23,24). The first-order chi connectivity index (χ1) is 13.1. The zero-order chi connectivity index (χ0) is 19.2. The van der Waals surface area contributed by atoms with Crippen molar-refractivity contribution in [3.63, 3.8) is 0 Å². The zero-order valence-electron chi connectivity index (χ0n) is 15.3. The molecule has 2 aromatic rings. The lowest BCUT2D eigenvalue weighted by molar-refractivity contribution is 0.0948. The van der Waals surface area contributed by atoms with Gasteiger partial charge in [-0.15, -0.1) is 11.3 Å². The van der Waals surface area contributed by atoms with Gasteiger partial charge < -0.3 is 15.4 Å². The van der Waals surface area contributed by atoms with Gasteiger partial charge in [0.05, 0.1) is 5.56 Å². The second-order valence-corrected chi connectivity index (χ2v) is 7.58. The van der Waals surface area contributed by atoms with Crippen molar-refractivity contribution in [2.45, 2.75) is 32.1 Å². The Morgan fingerprint density at radius 3 is 2.63 bits per heavy atom. The van der Waals surface area contributed by atoms with Crippen LogP contribution in [0.5, 0.6) is 0 Å². The van der Waals surface area contributed by atoms with Gasteiger partial charge in [-0.25, -0.2) is 4.39 Å². The summed E-state index contributed by atoms with van der Waals surface area (Å²) in [5.41, 5.74) is 1.97. The minimum Gasteiger partial charge on any atom is -0.385 e. The third kappa shape index (κ3) is 4.73. The molecule has 3 rings (SSSR count). The lowest BCUT2D eigenvalue weighted by atomic mass is 9.95. The average molecular weight is 390 g/mol. The van der Waals surface area contributed by atoms with Crippen molar-refractivity contribution >= 4 is 28.2 Å². The first-order valence-electron chi connectivity index (χ1n) is 9.08. The molecule has 27 heavy (non-hydrogen) atoms. The minimum atomic E-state index is -0.394. The van der Waals surface area contributed by atoms with Gasteiger partial charge in [0.2, 0.25) is 0 Å². The van der Waals surface area contributed by atoms with Crippen molar-refractivity contribution in [2.75, 3.05) is 25.6 Å². The molecule has 5 nitrogen and oxygen atoms in total. The molecular weight excluding hydrogens is 367 g/mol. The summed E-state index contributed by atoms with van der Waals surface area (Å²) in [4.78, 5) is 26.5. The molecule has 1 aliphatic carbocycles. The van der Waals surface area contributed by atoms with E-state index in [1.807, 2.05) is 0 Å². The second-order valence-electron chi connectivity index (χ2n) is 6.48. The highest BCUT2D eigenvalue weighted by molar-refractivity contribution is 7.17. The van der Waals surface area contributed by atoms with Crippen LogP contribution in [0.1, 0.15) is 50.4 Å². The highest BCUT2D eigenvalue weighted by Gasteiger charge is 2.26. The Morgan fingerprint density at radius 1 is 1.15 bits per heavy atom. The third-order valence-corrected chi connectivity index (χ3v) is 5.75. The van der Waals surface area contributed by atoms with Crippen LogP contribution < -0.4 is 10.6 Å². The minimum absolute atomic E-state index is 0.167. The molecule has 1 aromatic carbocycles. The first kappa shape index (κ1) is 19.5. The van der Waals surface area contributed by atoms with Crippen LogP contribution in [0.2, 0.25) is 0 Å². The molecule has 0 spiro atoms. The quantitative estimate of drug-likeness (QED) is 0.707. The molecule has 0 atom stereocenters. The SMILES string of the molecule is COCCCNC(=O)c1c(NC(=O)c2ccc(F)cc2)sc2c1CCCC2. The molecule has 2 N–H and O–H groups in total. The first-order valence-corrected chi connectivity index (χ1v) is 9.90. The Labute approximate surface area is 161 Å². The molecule has 1 aliphatic rings. The van der Waals surface area contributed by atoms with Crippen LogP contribution >= 0.6 is 11.3 Å². The second kappa shape index (κ2) is 9.10. The third-order valence-electron chi connectivity index (χ3n) is 4.54. The average Bonchev–Trinajstić information content (AvgIpc) is 3.03. The van der Waals surface area contributed by atoms with Crippen LogP contribution in [0.3, 0.4) is 0 Å². The van der Waals surface area contributed by atoms with Gasteiger partial charge >= 0.3 is 0 Å². The molecule has 144 valence electrons. The molecule has 0 unspecified atom stereocenters. The van der Waals surface area contributed by atoms with Gasteiger partial charge in [0.25, 0.3) is 11.8 Å². The van der Waals surface area contributed by atoms with Gasteiger partial charge in [-0.3, -0.25) is 9.59 Å². The van der Waals surface area contributed by atoms with Crippen LogP contribution in [0, 0.1) is 5.82 Å². The lowest BCUT2D eigenvalue weighted by Crippen LogP contribution is -2.27. The molecule has 7 heteroatoms. The normalized spacial score (nSPS) is 13.1. The summed E-state index contributed by atoms with van der Waals surface area (Å²) in [6.07, 6.45) is 4.63. The molecule has 0 saturated carbocycles. The number of benzene rings is 1. The van der Waals surface area contributed by atoms with Crippen LogP contribution in [-0.2, 0) is 17.6 Å². The lowest BCUT2D eigenvalue weighted by Gasteiger charge is -2.13. The van der Waals surface area contributed by atoms with Gasteiger partial charge in [0.1, 0.15) is 10.8 Å². The summed E-state index contributed by atoms with van der Waals surface area (Å²) in [6, 6.07) is 5.36. The summed E-state index contributed by atoms with van der Waals surface area (Å²) in [6.45, 7) is 1.10. The summed E-state index contributed by atoms with van der Waals surface area (Å²) in [7, 11) is 1.63. The number of aryl methyl sites for hydroxylation is 1. The number of ether oxygens (including phenoxy) is 1. The number of anilines is 1. The highest BCUT2D eigenvalue weighted by atomic mass is 32.1. The number of methoxy groups -OCH3 is 1. The van der Waals surface area contributed by atoms with Gasteiger partial charge in [0.15, 0.2) is 0 Å². The van der Waals surface area contributed by atoms with E-state index in [4.69, 9.17) is 4.74 Å². The van der Waals surface area contributed by atoms with E-state index in [1.54, 1.807) is 7.11 Å². The molecule has 2 amide bonds. The summed E-state index contributed by atoms with van der Waals surface area (Å²) < 4.78 is 18.1. The molecule has 0 bridgehead atoms. The van der Waals surface area contributed by atoms with Crippen molar-refractivity contribution in [2.24, 2.45) is 0 Å². The van der Waals surface area contributed by atoms with E-state index in [0.29, 0.717) is 29.3 Å². The fourth-order valence-corrected chi connectivity index (χ4v) is 4.46. The smallest absolute Gasteiger partial charge is 0.256 e. The number of carbonyl (C=O) groups is 2. The van der Waals surface area contributed by atoms with Crippen molar-refractivity contribution < 1.29 is 18.7 Å². The Kier molecular flexibility index (Phi) is 6.58. The number of carbonyl (C=O) groups excluding carboxylic acids is 2. The summed E-state index contributed by atoms with van der Waals surface area (Å²) >= 11 is 1.47. The van der Waals surface area contributed by atoms with E-state index in [-0.39, 0.29) is 11.8 Å².